The minimum atomic E-state index is -0.0215. The molecule has 0 spiro atoms. The standard InChI is InChI=1S/C20H23N7O/c28-20(24-18-6-7-19(22-12-18)27-16-21-15-23-27)14-26-10-8-25(9-11-26)13-17-4-2-1-3-5-17/h1-7,12,15-16H,8-11,13-14H2,(H,24,28). The van der Waals surface area contributed by atoms with Crippen molar-refractivity contribution in [3.8, 4) is 5.82 Å². The molecule has 2 aromatic heterocycles. The van der Waals surface area contributed by atoms with Crippen LogP contribution in [-0.4, -0.2) is 68.2 Å². The van der Waals surface area contributed by atoms with Crippen molar-refractivity contribution in [1.82, 2.24) is 29.5 Å². The van der Waals surface area contributed by atoms with E-state index in [1.807, 2.05) is 12.1 Å². The monoisotopic (exact) mass is 377 g/mol. The lowest BCUT2D eigenvalue weighted by atomic mass is 10.2. The van der Waals surface area contributed by atoms with Crippen LogP contribution < -0.4 is 5.32 Å². The van der Waals surface area contributed by atoms with Crippen LogP contribution in [0.15, 0.2) is 61.3 Å². The van der Waals surface area contributed by atoms with Crippen molar-refractivity contribution in [3.05, 3.63) is 66.9 Å². The van der Waals surface area contributed by atoms with Crippen molar-refractivity contribution >= 4 is 11.6 Å². The summed E-state index contributed by atoms with van der Waals surface area (Å²) in [6, 6.07) is 14.1. The highest BCUT2D eigenvalue weighted by Crippen LogP contribution is 2.10. The van der Waals surface area contributed by atoms with Gasteiger partial charge in [-0.15, -0.1) is 0 Å². The van der Waals surface area contributed by atoms with Crippen LogP contribution >= 0.6 is 0 Å². The number of amides is 1. The van der Waals surface area contributed by atoms with Crippen molar-refractivity contribution in [2.45, 2.75) is 6.54 Å². The maximum Gasteiger partial charge on any atom is 0.238 e. The molecule has 1 N–H and O–H groups in total. The number of anilines is 1. The molecule has 1 aliphatic heterocycles. The number of nitrogens with one attached hydrogen (secondary N) is 1. The van der Waals surface area contributed by atoms with Gasteiger partial charge in [0.05, 0.1) is 18.4 Å². The smallest absolute Gasteiger partial charge is 0.238 e. The van der Waals surface area contributed by atoms with E-state index in [0.29, 0.717) is 18.1 Å². The Bertz CT molecular complexity index is 873. The molecule has 4 rings (SSSR count). The normalized spacial score (nSPS) is 15.4. The zero-order chi connectivity index (χ0) is 19.2. The Kier molecular flexibility index (Phi) is 5.69. The Balaban J connectivity index is 1.22. The quantitative estimate of drug-likeness (QED) is 0.700. The van der Waals surface area contributed by atoms with Crippen molar-refractivity contribution in [2.75, 3.05) is 38.0 Å². The molecule has 0 atom stereocenters. The Morgan fingerprint density at radius 3 is 2.46 bits per heavy atom. The van der Waals surface area contributed by atoms with E-state index in [4.69, 9.17) is 0 Å². The van der Waals surface area contributed by atoms with Gasteiger partial charge in [0.2, 0.25) is 5.91 Å². The number of rotatable bonds is 6. The molecular formula is C20H23N7O. The highest BCUT2D eigenvalue weighted by molar-refractivity contribution is 5.92. The van der Waals surface area contributed by atoms with E-state index in [0.717, 1.165) is 32.7 Å². The first-order valence-corrected chi connectivity index (χ1v) is 9.36. The lowest BCUT2D eigenvalue weighted by molar-refractivity contribution is -0.117. The molecule has 0 aliphatic carbocycles. The summed E-state index contributed by atoms with van der Waals surface area (Å²) in [5.74, 6) is 0.636. The Labute approximate surface area is 163 Å². The van der Waals surface area contributed by atoms with Crippen LogP contribution in [0, 0.1) is 0 Å². The van der Waals surface area contributed by atoms with E-state index < -0.39 is 0 Å². The van der Waals surface area contributed by atoms with Crippen molar-refractivity contribution in [3.63, 3.8) is 0 Å². The van der Waals surface area contributed by atoms with E-state index in [1.54, 1.807) is 23.3 Å². The topological polar surface area (TPSA) is 79.2 Å². The minimum Gasteiger partial charge on any atom is -0.324 e. The second-order valence-electron chi connectivity index (χ2n) is 6.83. The first-order chi connectivity index (χ1) is 13.8. The average Bonchev–Trinajstić information content (AvgIpc) is 3.26. The molecule has 144 valence electrons. The van der Waals surface area contributed by atoms with Crippen molar-refractivity contribution in [2.24, 2.45) is 0 Å². The number of hydrogen-bond donors (Lipinski definition) is 1. The van der Waals surface area contributed by atoms with Gasteiger partial charge in [0, 0.05) is 32.7 Å². The van der Waals surface area contributed by atoms with Crippen LogP contribution in [0.5, 0.6) is 0 Å². The molecule has 0 radical (unpaired) electrons. The first kappa shape index (κ1) is 18.3. The number of carbonyl (C=O) groups excluding carboxylic acids is 1. The maximum atomic E-state index is 12.3. The van der Waals surface area contributed by atoms with Crippen LogP contribution in [0.3, 0.4) is 0 Å². The Hall–Kier alpha value is -3.10. The fraction of sp³-hybridized carbons (Fsp3) is 0.300. The van der Waals surface area contributed by atoms with Gasteiger partial charge in [0.15, 0.2) is 5.82 Å². The number of nitrogens with zero attached hydrogens (tertiary/aromatic N) is 6. The number of piperazine rings is 1. The summed E-state index contributed by atoms with van der Waals surface area (Å²) in [4.78, 5) is 25.2. The molecule has 1 aliphatic rings. The Morgan fingerprint density at radius 1 is 1.00 bits per heavy atom. The predicted octanol–water partition coefficient (Wildman–Crippen LogP) is 1.42. The molecule has 28 heavy (non-hydrogen) atoms. The molecule has 1 saturated heterocycles. The fourth-order valence-corrected chi connectivity index (χ4v) is 3.27. The molecule has 3 aromatic rings. The van der Waals surface area contributed by atoms with E-state index in [9.17, 15) is 4.79 Å². The molecule has 0 bridgehead atoms. The first-order valence-electron chi connectivity index (χ1n) is 9.36. The van der Waals surface area contributed by atoms with Crippen LogP contribution in [0.1, 0.15) is 5.56 Å². The van der Waals surface area contributed by atoms with Gasteiger partial charge in [0.1, 0.15) is 12.7 Å². The van der Waals surface area contributed by atoms with Crippen molar-refractivity contribution in [1.29, 1.82) is 0 Å². The van der Waals surface area contributed by atoms with Crippen LogP contribution in [-0.2, 0) is 11.3 Å². The van der Waals surface area contributed by atoms with Gasteiger partial charge in [-0.3, -0.25) is 14.6 Å². The molecule has 0 saturated carbocycles. The summed E-state index contributed by atoms with van der Waals surface area (Å²) >= 11 is 0. The van der Waals surface area contributed by atoms with Gasteiger partial charge < -0.3 is 5.32 Å². The lowest BCUT2D eigenvalue weighted by Crippen LogP contribution is -2.48. The van der Waals surface area contributed by atoms with Crippen LogP contribution in [0.25, 0.3) is 5.82 Å². The average molecular weight is 377 g/mol. The van der Waals surface area contributed by atoms with Crippen molar-refractivity contribution < 1.29 is 4.79 Å². The summed E-state index contributed by atoms with van der Waals surface area (Å²) in [6.07, 6.45) is 4.67. The summed E-state index contributed by atoms with van der Waals surface area (Å²) in [5, 5.41) is 6.94. The number of carbonyl (C=O) groups is 1. The van der Waals surface area contributed by atoms with Gasteiger partial charge in [0.25, 0.3) is 0 Å². The number of hydrogen-bond acceptors (Lipinski definition) is 6. The van der Waals surface area contributed by atoms with Gasteiger partial charge in [-0.1, -0.05) is 30.3 Å². The number of pyridine rings is 1. The highest BCUT2D eigenvalue weighted by Gasteiger charge is 2.19. The van der Waals surface area contributed by atoms with Gasteiger partial charge >= 0.3 is 0 Å². The maximum absolute atomic E-state index is 12.3. The third-order valence-electron chi connectivity index (χ3n) is 4.77. The molecule has 1 fully saturated rings. The van der Waals surface area contributed by atoms with E-state index in [-0.39, 0.29) is 5.91 Å². The van der Waals surface area contributed by atoms with Gasteiger partial charge in [-0.05, 0) is 17.7 Å². The number of aromatic nitrogens is 4. The second-order valence-corrected chi connectivity index (χ2v) is 6.83. The van der Waals surface area contributed by atoms with Gasteiger partial charge in [-0.2, -0.15) is 5.10 Å². The lowest BCUT2D eigenvalue weighted by Gasteiger charge is -2.34. The zero-order valence-corrected chi connectivity index (χ0v) is 15.6. The second kappa shape index (κ2) is 8.73. The molecular weight excluding hydrogens is 354 g/mol. The molecule has 3 heterocycles. The molecule has 0 unspecified atom stereocenters. The van der Waals surface area contributed by atoms with E-state index >= 15 is 0 Å². The van der Waals surface area contributed by atoms with E-state index in [1.165, 1.54) is 11.9 Å². The Morgan fingerprint density at radius 2 is 1.79 bits per heavy atom. The van der Waals surface area contributed by atoms with Crippen LogP contribution in [0.4, 0.5) is 5.69 Å². The SMILES string of the molecule is O=C(CN1CCN(Cc2ccccc2)CC1)Nc1ccc(-n2cncn2)nc1. The van der Waals surface area contributed by atoms with Crippen LogP contribution in [0.2, 0.25) is 0 Å². The molecule has 1 aromatic carbocycles. The minimum absolute atomic E-state index is 0.0215. The largest absolute Gasteiger partial charge is 0.324 e. The third-order valence-corrected chi connectivity index (χ3v) is 4.77. The summed E-state index contributed by atoms with van der Waals surface area (Å²) in [6.45, 7) is 5.08. The summed E-state index contributed by atoms with van der Waals surface area (Å²) in [5.41, 5.74) is 2.01. The molecule has 8 heteroatoms. The molecule has 1 amide bonds. The zero-order valence-electron chi connectivity index (χ0n) is 15.6. The van der Waals surface area contributed by atoms with E-state index in [2.05, 4.69) is 54.4 Å². The fourth-order valence-electron chi connectivity index (χ4n) is 3.27. The number of benzene rings is 1. The predicted molar refractivity (Wildman–Crippen MR) is 106 cm³/mol. The summed E-state index contributed by atoms with van der Waals surface area (Å²) in [7, 11) is 0. The third kappa shape index (κ3) is 4.79. The van der Waals surface area contributed by atoms with Gasteiger partial charge in [-0.25, -0.2) is 14.6 Å². The summed E-state index contributed by atoms with van der Waals surface area (Å²) < 4.78 is 1.57. The molecule has 8 nitrogen and oxygen atoms in total. The highest BCUT2D eigenvalue weighted by atomic mass is 16.2.